The van der Waals surface area contributed by atoms with Crippen molar-refractivity contribution in [2.24, 2.45) is 5.92 Å². The lowest BCUT2D eigenvalue weighted by atomic mass is 10.0. The number of piperidine rings is 1. The van der Waals surface area contributed by atoms with Gasteiger partial charge in [0.25, 0.3) is 0 Å². The van der Waals surface area contributed by atoms with Gasteiger partial charge in [-0.2, -0.15) is 0 Å². The van der Waals surface area contributed by atoms with Gasteiger partial charge < -0.3 is 10.6 Å². The predicted molar refractivity (Wildman–Crippen MR) is 82.5 cm³/mol. The SMILES string of the molecule is CCS(=O)(=O)N1CCC(NC(=O)C(C)CNC)CC1.Cl. The first-order valence-electron chi connectivity index (χ1n) is 6.83. The zero-order valence-corrected chi connectivity index (χ0v) is 14.0. The maximum atomic E-state index is 11.9. The molecule has 1 heterocycles. The molecule has 1 saturated heterocycles. The van der Waals surface area contributed by atoms with Crippen molar-refractivity contribution in [3.8, 4) is 0 Å². The molecule has 8 heteroatoms. The Labute approximate surface area is 128 Å². The van der Waals surface area contributed by atoms with Gasteiger partial charge in [0.2, 0.25) is 15.9 Å². The first-order valence-corrected chi connectivity index (χ1v) is 8.44. The number of halogens is 1. The van der Waals surface area contributed by atoms with Crippen LogP contribution < -0.4 is 10.6 Å². The van der Waals surface area contributed by atoms with E-state index in [1.807, 2.05) is 14.0 Å². The summed E-state index contributed by atoms with van der Waals surface area (Å²) < 4.78 is 24.9. The van der Waals surface area contributed by atoms with E-state index in [4.69, 9.17) is 0 Å². The highest BCUT2D eigenvalue weighted by atomic mass is 35.5. The van der Waals surface area contributed by atoms with E-state index in [2.05, 4.69) is 10.6 Å². The van der Waals surface area contributed by atoms with E-state index in [1.165, 1.54) is 4.31 Å². The molecule has 1 atom stereocenters. The number of carbonyl (C=O) groups is 1. The Kier molecular flexibility index (Phi) is 8.65. The number of nitrogens with zero attached hydrogens (tertiary/aromatic N) is 1. The third kappa shape index (κ3) is 5.55. The second-order valence-electron chi connectivity index (χ2n) is 5.04. The van der Waals surface area contributed by atoms with Gasteiger partial charge in [0.05, 0.1) is 5.75 Å². The van der Waals surface area contributed by atoms with Crippen LogP contribution in [0.3, 0.4) is 0 Å². The molecule has 0 aromatic heterocycles. The Morgan fingerprint density at radius 3 is 2.35 bits per heavy atom. The van der Waals surface area contributed by atoms with Crippen molar-refractivity contribution < 1.29 is 13.2 Å². The van der Waals surface area contributed by atoms with Crippen molar-refractivity contribution in [3.63, 3.8) is 0 Å². The average Bonchev–Trinajstić information content (AvgIpc) is 2.39. The number of rotatable bonds is 6. The van der Waals surface area contributed by atoms with Crippen LogP contribution in [0.5, 0.6) is 0 Å². The van der Waals surface area contributed by atoms with E-state index in [1.54, 1.807) is 6.92 Å². The van der Waals surface area contributed by atoms with Crippen molar-refractivity contribution in [2.45, 2.75) is 32.7 Å². The fraction of sp³-hybridized carbons (Fsp3) is 0.917. The van der Waals surface area contributed by atoms with E-state index in [-0.39, 0.29) is 36.0 Å². The largest absolute Gasteiger partial charge is 0.353 e. The van der Waals surface area contributed by atoms with Gasteiger partial charge in [0.1, 0.15) is 0 Å². The van der Waals surface area contributed by atoms with Crippen LogP contribution in [0.2, 0.25) is 0 Å². The number of hydrogen-bond donors (Lipinski definition) is 2. The first kappa shape index (κ1) is 19.6. The summed E-state index contributed by atoms with van der Waals surface area (Å²) in [5, 5.41) is 5.96. The first-order chi connectivity index (χ1) is 8.90. The van der Waals surface area contributed by atoms with Gasteiger partial charge in [0, 0.05) is 31.6 Å². The van der Waals surface area contributed by atoms with Crippen LogP contribution in [0.15, 0.2) is 0 Å². The normalized spacial score (nSPS) is 19.1. The summed E-state index contributed by atoms with van der Waals surface area (Å²) >= 11 is 0. The van der Waals surface area contributed by atoms with E-state index >= 15 is 0 Å². The molecule has 0 aromatic rings. The highest BCUT2D eigenvalue weighted by molar-refractivity contribution is 7.89. The molecule has 1 fully saturated rings. The molecule has 0 bridgehead atoms. The van der Waals surface area contributed by atoms with E-state index in [0.717, 1.165) is 0 Å². The Balaban J connectivity index is 0.00000361. The average molecular weight is 328 g/mol. The highest BCUT2D eigenvalue weighted by Crippen LogP contribution is 2.14. The molecule has 120 valence electrons. The van der Waals surface area contributed by atoms with Gasteiger partial charge in [-0.3, -0.25) is 4.79 Å². The van der Waals surface area contributed by atoms with Crippen LogP contribution in [0, 0.1) is 5.92 Å². The number of sulfonamides is 1. The summed E-state index contributed by atoms with van der Waals surface area (Å²) in [5.74, 6) is 0.108. The lowest BCUT2D eigenvalue weighted by Gasteiger charge is -2.31. The summed E-state index contributed by atoms with van der Waals surface area (Å²) in [6.07, 6.45) is 1.38. The molecular weight excluding hydrogens is 302 g/mol. The molecule has 6 nitrogen and oxygen atoms in total. The van der Waals surface area contributed by atoms with Crippen LogP contribution >= 0.6 is 12.4 Å². The second-order valence-corrected chi connectivity index (χ2v) is 7.30. The topological polar surface area (TPSA) is 78.5 Å². The van der Waals surface area contributed by atoms with Crippen LogP contribution in [0.1, 0.15) is 26.7 Å². The molecule has 0 aliphatic carbocycles. The molecule has 1 rings (SSSR count). The Morgan fingerprint density at radius 2 is 1.90 bits per heavy atom. The van der Waals surface area contributed by atoms with Crippen molar-refractivity contribution in [1.29, 1.82) is 0 Å². The fourth-order valence-electron chi connectivity index (χ4n) is 2.20. The molecule has 1 aliphatic heterocycles. The van der Waals surface area contributed by atoms with E-state index < -0.39 is 10.0 Å². The van der Waals surface area contributed by atoms with Crippen molar-refractivity contribution in [3.05, 3.63) is 0 Å². The molecule has 0 radical (unpaired) electrons. The van der Waals surface area contributed by atoms with Crippen molar-refractivity contribution in [2.75, 3.05) is 32.4 Å². The summed E-state index contributed by atoms with van der Waals surface area (Å²) in [6.45, 7) is 5.18. The molecule has 1 unspecified atom stereocenters. The van der Waals surface area contributed by atoms with Gasteiger partial charge in [-0.15, -0.1) is 12.4 Å². The molecule has 0 aromatic carbocycles. The molecule has 1 amide bonds. The van der Waals surface area contributed by atoms with Gasteiger partial charge in [-0.05, 0) is 26.8 Å². The minimum absolute atomic E-state index is 0. The molecular formula is C12H26ClN3O3S. The van der Waals surface area contributed by atoms with Crippen LogP contribution in [0.4, 0.5) is 0 Å². The molecule has 0 spiro atoms. The summed E-state index contributed by atoms with van der Waals surface area (Å²) in [6, 6.07) is 0.0927. The number of carbonyl (C=O) groups excluding carboxylic acids is 1. The minimum Gasteiger partial charge on any atom is -0.353 e. The van der Waals surface area contributed by atoms with Crippen LogP contribution in [-0.4, -0.2) is 57.1 Å². The maximum absolute atomic E-state index is 11.9. The van der Waals surface area contributed by atoms with Gasteiger partial charge in [0.15, 0.2) is 0 Å². The lowest BCUT2D eigenvalue weighted by molar-refractivity contribution is -0.125. The fourth-order valence-corrected chi connectivity index (χ4v) is 3.34. The zero-order valence-electron chi connectivity index (χ0n) is 12.4. The van der Waals surface area contributed by atoms with E-state index in [0.29, 0.717) is 32.5 Å². The van der Waals surface area contributed by atoms with Crippen molar-refractivity contribution >= 4 is 28.3 Å². The second kappa shape index (κ2) is 8.81. The third-order valence-corrected chi connectivity index (χ3v) is 5.40. The zero-order chi connectivity index (χ0) is 14.5. The summed E-state index contributed by atoms with van der Waals surface area (Å²) in [4.78, 5) is 11.9. The summed E-state index contributed by atoms with van der Waals surface area (Å²) in [5.41, 5.74) is 0. The number of nitrogens with one attached hydrogen (secondary N) is 2. The smallest absolute Gasteiger partial charge is 0.224 e. The predicted octanol–water partition coefficient (Wildman–Crippen LogP) is 0.194. The monoisotopic (exact) mass is 327 g/mol. The quantitative estimate of drug-likeness (QED) is 0.730. The minimum atomic E-state index is -3.09. The Hall–Kier alpha value is -0.370. The van der Waals surface area contributed by atoms with Crippen molar-refractivity contribution in [1.82, 2.24) is 14.9 Å². The number of amides is 1. The molecule has 1 aliphatic rings. The molecule has 0 saturated carbocycles. The maximum Gasteiger partial charge on any atom is 0.224 e. The Morgan fingerprint density at radius 1 is 1.35 bits per heavy atom. The Bertz CT molecular complexity index is 395. The van der Waals surface area contributed by atoms with Gasteiger partial charge in [-0.1, -0.05) is 6.92 Å². The highest BCUT2D eigenvalue weighted by Gasteiger charge is 2.27. The standard InChI is InChI=1S/C12H25N3O3S.ClH/c1-4-19(17,18)15-7-5-11(6-8-15)14-12(16)10(2)9-13-3;/h10-11,13H,4-9H2,1-3H3,(H,14,16);1H. The van der Waals surface area contributed by atoms with Crippen LogP contribution in [-0.2, 0) is 14.8 Å². The van der Waals surface area contributed by atoms with E-state index in [9.17, 15) is 13.2 Å². The molecule has 20 heavy (non-hydrogen) atoms. The molecule has 2 N–H and O–H groups in total. The number of hydrogen-bond acceptors (Lipinski definition) is 4. The lowest BCUT2D eigenvalue weighted by Crippen LogP contribution is -2.48. The van der Waals surface area contributed by atoms with Crippen LogP contribution in [0.25, 0.3) is 0 Å². The van der Waals surface area contributed by atoms with Gasteiger partial charge >= 0.3 is 0 Å². The summed E-state index contributed by atoms with van der Waals surface area (Å²) in [7, 11) is -1.27. The third-order valence-electron chi connectivity index (χ3n) is 3.52. The van der Waals surface area contributed by atoms with Gasteiger partial charge in [-0.25, -0.2) is 12.7 Å².